The summed E-state index contributed by atoms with van der Waals surface area (Å²) in [5.74, 6) is -2.57. The Balaban J connectivity index is 2.08. The van der Waals surface area contributed by atoms with Gasteiger partial charge in [-0.1, -0.05) is 46.6 Å². The second kappa shape index (κ2) is 7.50. The quantitative estimate of drug-likeness (QED) is 0.602. The van der Waals surface area contributed by atoms with Crippen LogP contribution in [0, 0.1) is 56.2 Å². The molecule has 1 N–H and O–H groups in total. The number of nitrogens with one attached hydrogen (secondary N) is 1. The van der Waals surface area contributed by atoms with Crippen LogP contribution in [0.2, 0.25) is 5.02 Å². The summed E-state index contributed by atoms with van der Waals surface area (Å²) in [7, 11) is 1.46. The van der Waals surface area contributed by atoms with Gasteiger partial charge in [0.25, 0.3) is 0 Å². The standard InChI is InChI=1S/C23H16BrClN4O3/c1-13-22(12-28)20(29)32-23(13,14-3-6-16(25)7-4-14)31-19(21(22,10-26)11-27)17-9-15(24)5-8-18(17)30-2/h3-9,13,19,29H,1-2H3. The number of halogens is 2. The summed E-state index contributed by atoms with van der Waals surface area (Å²) in [6.45, 7) is 1.65. The molecule has 4 rings (SSSR count). The molecule has 2 aliphatic heterocycles. The van der Waals surface area contributed by atoms with Crippen LogP contribution in [0.15, 0.2) is 46.9 Å². The van der Waals surface area contributed by atoms with Gasteiger partial charge >= 0.3 is 0 Å². The van der Waals surface area contributed by atoms with E-state index in [0.717, 1.165) is 0 Å². The minimum atomic E-state index is -2.08. The van der Waals surface area contributed by atoms with Crippen molar-refractivity contribution in [2.75, 3.05) is 7.11 Å². The smallest absolute Gasteiger partial charge is 0.244 e. The van der Waals surface area contributed by atoms with E-state index >= 15 is 0 Å². The summed E-state index contributed by atoms with van der Waals surface area (Å²) in [5, 5.41) is 40.1. The van der Waals surface area contributed by atoms with Gasteiger partial charge in [-0.2, -0.15) is 15.8 Å². The number of hydrogen-bond donors (Lipinski definition) is 1. The van der Waals surface area contributed by atoms with E-state index in [1.54, 1.807) is 49.4 Å². The van der Waals surface area contributed by atoms with Crippen molar-refractivity contribution in [2.45, 2.75) is 18.8 Å². The van der Waals surface area contributed by atoms with Crippen LogP contribution >= 0.6 is 27.5 Å². The minimum Gasteiger partial charge on any atom is -0.496 e. The summed E-state index contributed by atoms with van der Waals surface area (Å²) in [6, 6.07) is 17.9. The van der Waals surface area contributed by atoms with Gasteiger partial charge in [0.1, 0.15) is 11.9 Å². The van der Waals surface area contributed by atoms with Gasteiger partial charge in [0.05, 0.1) is 31.2 Å². The highest BCUT2D eigenvalue weighted by Crippen LogP contribution is 2.69. The van der Waals surface area contributed by atoms with Crippen LogP contribution in [-0.2, 0) is 15.3 Å². The molecule has 32 heavy (non-hydrogen) atoms. The molecule has 2 aliphatic rings. The van der Waals surface area contributed by atoms with E-state index in [1.165, 1.54) is 7.11 Å². The average molecular weight is 512 g/mol. The zero-order valence-corrected chi connectivity index (χ0v) is 19.4. The number of hydrogen-bond acceptors (Lipinski definition) is 7. The summed E-state index contributed by atoms with van der Waals surface area (Å²) in [4.78, 5) is 0. The van der Waals surface area contributed by atoms with Crippen LogP contribution in [-0.4, -0.2) is 13.0 Å². The Bertz CT molecular complexity index is 1230. The Kier molecular flexibility index (Phi) is 5.18. The fraction of sp³-hybridized carbons (Fsp3) is 0.304. The van der Waals surface area contributed by atoms with Crippen LogP contribution in [0.25, 0.3) is 0 Å². The molecule has 160 valence electrons. The normalized spacial score (nSPS) is 29.8. The molecule has 4 unspecified atom stereocenters. The zero-order chi connectivity index (χ0) is 23.3. The lowest BCUT2D eigenvalue weighted by Crippen LogP contribution is -2.57. The van der Waals surface area contributed by atoms with Crippen LogP contribution in [0.4, 0.5) is 0 Å². The molecule has 2 aromatic rings. The molecule has 7 nitrogen and oxygen atoms in total. The number of benzene rings is 2. The van der Waals surface area contributed by atoms with Crippen molar-refractivity contribution in [2.24, 2.45) is 16.7 Å². The lowest BCUT2D eigenvalue weighted by molar-refractivity contribution is -0.288. The summed E-state index contributed by atoms with van der Waals surface area (Å²) < 4.78 is 18.6. The second-order valence-corrected chi connectivity index (χ2v) is 9.01. The summed E-state index contributed by atoms with van der Waals surface area (Å²) in [5.41, 5.74) is -3.08. The van der Waals surface area contributed by atoms with E-state index in [1.807, 2.05) is 12.1 Å². The maximum absolute atomic E-state index is 10.4. The van der Waals surface area contributed by atoms with Gasteiger partial charge in [-0.3, -0.25) is 5.41 Å². The van der Waals surface area contributed by atoms with Crippen molar-refractivity contribution in [3.8, 4) is 24.0 Å². The molecular formula is C23H16BrClN4O3. The largest absolute Gasteiger partial charge is 0.496 e. The van der Waals surface area contributed by atoms with Crippen LogP contribution in [0.5, 0.6) is 5.75 Å². The maximum Gasteiger partial charge on any atom is 0.244 e. The van der Waals surface area contributed by atoms with Crippen molar-refractivity contribution in [1.82, 2.24) is 0 Å². The number of ether oxygens (including phenoxy) is 3. The monoisotopic (exact) mass is 510 g/mol. The molecule has 2 aromatic carbocycles. The first kappa shape index (κ1) is 22.1. The van der Waals surface area contributed by atoms with Crippen molar-refractivity contribution in [3.63, 3.8) is 0 Å². The predicted molar refractivity (Wildman–Crippen MR) is 117 cm³/mol. The van der Waals surface area contributed by atoms with Gasteiger partial charge in [0, 0.05) is 20.6 Å². The molecule has 0 radical (unpaired) electrons. The lowest BCUT2D eigenvalue weighted by Gasteiger charge is -2.49. The topological polar surface area (TPSA) is 123 Å². The molecule has 9 heteroatoms. The van der Waals surface area contributed by atoms with Crippen molar-refractivity contribution >= 4 is 33.4 Å². The van der Waals surface area contributed by atoms with Gasteiger partial charge in [-0.15, -0.1) is 0 Å². The van der Waals surface area contributed by atoms with E-state index in [2.05, 4.69) is 22.0 Å². The first-order valence-electron chi connectivity index (χ1n) is 9.55. The summed E-state index contributed by atoms with van der Waals surface area (Å²) >= 11 is 9.47. The van der Waals surface area contributed by atoms with Crippen LogP contribution < -0.4 is 4.74 Å². The second-order valence-electron chi connectivity index (χ2n) is 7.66. The van der Waals surface area contributed by atoms with Crippen LogP contribution in [0.1, 0.15) is 24.2 Å². The predicted octanol–water partition coefficient (Wildman–Crippen LogP) is 5.22. The molecule has 0 aliphatic carbocycles. The molecule has 2 fully saturated rings. The van der Waals surface area contributed by atoms with E-state index in [0.29, 0.717) is 26.4 Å². The first-order valence-corrected chi connectivity index (χ1v) is 10.7. The molecule has 2 heterocycles. The number of methoxy groups -OCH3 is 1. The highest BCUT2D eigenvalue weighted by molar-refractivity contribution is 9.10. The molecule has 2 saturated heterocycles. The third kappa shape index (κ3) is 2.57. The third-order valence-electron chi connectivity index (χ3n) is 6.39. The van der Waals surface area contributed by atoms with E-state index < -0.39 is 34.5 Å². The van der Waals surface area contributed by atoms with Crippen LogP contribution in [0.3, 0.4) is 0 Å². The van der Waals surface area contributed by atoms with Crippen molar-refractivity contribution in [3.05, 3.63) is 63.1 Å². The molecule has 0 aromatic heterocycles. The number of fused-ring (bicyclic) bond motifs is 2. The van der Waals surface area contributed by atoms with Gasteiger partial charge in [0.2, 0.25) is 17.1 Å². The third-order valence-corrected chi connectivity index (χ3v) is 7.13. The number of nitriles is 3. The Labute approximate surface area is 198 Å². The molecule has 0 saturated carbocycles. The molecule has 0 amide bonds. The average Bonchev–Trinajstić information content (AvgIpc) is 2.95. The fourth-order valence-corrected chi connectivity index (χ4v) is 5.24. The first-order chi connectivity index (χ1) is 15.3. The fourth-order valence-electron chi connectivity index (χ4n) is 4.74. The lowest BCUT2D eigenvalue weighted by atomic mass is 9.53. The Morgan fingerprint density at radius 1 is 1.09 bits per heavy atom. The van der Waals surface area contributed by atoms with Gasteiger partial charge in [-0.05, 0) is 30.3 Å². The Morgan fingerprint density at radius 2 is 1.75 bits per heavy atom. The molecular weight excluding hydrogens is 496 g/mol. The van der Waals surface area contributed by atoms with Crippen molar-refractivity contribution in [1.29, 1.82) is 21.2 Å². The van der Waals surface area contributed by atoms with Gasteiger partial charge in [0.15, 0.2) is 5.41 Å². The highest BCUT2D eigenvalue weighted by atomic mass is 79.9. The van der Waals surface area contributed by atoms with Gasteiger partial charge in [-0.25, -0.2) is 0 Å². The van der Waals surface area contributed by atoms with E-state index in [-0.39, 0.29) is 0 Å². The highest BCUT2D eigenvalue weighted by Gasteiger charge is 2.80. The van der Waals surface area contributed by atoms with Gasteiger partial charge < -0.3 is 14.2 Å². The molecule has 4 atom stereocenters. The van der Waals surface area contributed by atoms with E-state index in [9.17, 15) is 15.8 Å². The minimum absolute atomic E-state index is 0.368. The summed E-state index contributed by atoms with van der Waals surface area (Å²) in [6.07, 6.45) is -1.26. The SMILES string of the molecule is COc1ccc(Br)cc1C1OC2(c3ccc(Cl)cc3)OC(=N)C(C#N)(C2C)C1(C#N)C#N. The number of nitrogens with zero attached hydrogens (tertiary/aromatic N) is 3. The zero-order valence-electron chi connectivity index (χ0n) is 17.0. The van der Waals surface area contributed by atoms with Crippen molar-refractivity contribution < 1.29 is 14.2 Å². The van der Waals surface area contributed by atoms with E-state index in [4.69, 9.17) is 31.2 Å². The number of rotatable bonds is 3. The Morgan fingerprint density at radius 3 is 2.31 bits per heavy atom. The molecule has 2 bridgehead atoms. The Hall–Kier alpha value is -3.09. The molecule has 0 spiro atoms. The maximum atomic E-state index is 10.4.